The molecule has 27 heavy (non-hydrogen) atoms. The predicted molar refractivity (Wildman–Crippen MR) is 100 cm³/mol. The number of benzene rings is 2. The highest BCUT2D eigenvalue weighted by Crippen LogP contribution is 2.23. The van der Waals surface area contributed by atoms with Crippen LogP contribution in [0.2, 0.25) is 0 Å². The van der Waals surface area contributed by atoms with Crippen LogP contribution in [0.3, 0.4) is 0 Å². The molecule has 0 aliphatic rings. The molecule has 1 amide bonds. The molecule has 134 valence electrons. The van der Waals surface area contributed by atoms with Gasteiger partial charge in [-0.3, -0.25) is 4.79 Å². The van der Waals surface area contributed by atoms with Gasteiger partial charge in [0.2, 0.25) is 5.76 Å². The third-order valence-corrected chi connectivity index (χ3v) is 3.99. The summed E-state index contributed by atoms with van der Waals surface area (Å²) in [5.41, 5.74) is 2.89. The molecule has 0 bridgehead atoms. The third-order valence-electron chi connectivity index (χ3n) is 3.99. The molecular weight excluding hydrogens is 344 g/mol. The van der Waals surface area contributed by atoms with E-state index in [4.69, 9.17) is 9.26 Å². The van der Waals surface area contributed by atoms with Gasteiger partial charge in [0.15, 0.2) is 0 Å². The van der Waals surface area contributed by atoms with Crippen LogP contribution in [-0.2, 0) is 0 Å². The van der Waals surface area contributed by atoms with Crippen LogP contribution in [0.15, 0.2) is 77.6 Å². The molecule has 0 spiro atoms. The first kappa shape index (κ1) is 16.6. The summed E-state index contributed by atoms with van der Waals surface area (Å²) in [4.78, 5) is 12.5. The molecule has 0 aliphatic heterocycles. The van der Waals surface area contributed by atoms with E-state index in [0.717, 1.165) is 17.0 Å². The van der Waals surface area contributed by atoms with Crippen molar-refractivity contribution in [2.24, 2.45) is 0 Å². The van der Waals surface area contributed by atoms with Crippen molar-refractivity contribution >= 4 is 11.6 Å². The van der Waals surface area contributed by atoms with Gasteiger partial charge in [-0.2, -0.15) is 5.10 Å². The van der Waals surface area contributed by atoms with Crippen LogP contribution in [0, 0.1) is 0 Å². The van der Waals surface area contributed by atoms with Crippen LogP contribution >= 0.6 is 0 Å². The van der Waals surface area contributed by atoms with E-state index in [-0.39, 0.29) is 11.7 Å². The Bertz CT molecular complexity index is 1050. The minimum atomic E-state index is -0.375. The quantitative estimate of drug-likeness (QED) is 0.585. The SMILES string of the molecule is COc1ccc(-c2cc(C(=O)Nc3cccc(-n4cccn4)c3)on2)cc1. The molecular formula is C20H16N4O3. The Labute approximate surface area is 155 Å². The minimum Gasteiger partial charge on any atom is -0.497 e. The van der Waals surface area contributed by atoms with Crippen LogP contribution in [0.1, 0.15) is 10.6 Å². The van der Waals surface area contributed by atoms with Crippen molar-refractivity contribution in [1.82, 2.24) is 14.9 Å². The number of carbonyl (C=O) groups is 1. The molecule has 0 atom stereocenters. The van der Waals surface area contributed by atoms with Crippen molar-refractivity contribution in [1.29, 1.82) is 0 Å². The molecule has 4 rings (SSSR count). The molecule has 0 unspecified atom stereocenters. The monoisotopic (exact) mass is 360 g/mol. The van der Waals surface area contributed by atoms with E-state index in [1.54, 1.807) is 30.1 Å². The number of methoxy groups -OCH3 is 1. The zero-order valence-electron chi connectivity index (χ0n) is 14.5. The normalized spacial score (nSPS) is 10.6. The number of aromatic nitrogens is 3. The second-order valence-corrected chi connectivity index (χ2v) is 5.76. The molecule has 0 radical (unpaired) electrons. The van der Waals surface area contributed by atoms with Crippen LogP contribution in [0.4, 0.5) is 5.69 Å². The number of ether oxygens (including phenoxy) is 1. The second-order valence-electron chi connectivity index (χ2n) is 5.76. The van der Waals surface area contributed by atoms with Crippen LogP contribution < -0.4 is 10.1 Å². The number of carbonyl (C=O) groups excluding carboxylic acids is 1. The number of hydrogen-bond acceptors (Lipinski definition) is 5. The largest absolute Gasteiger partial charge is 0.497 e. The molecule has 7 nitrogen and oxygen atoms in total. The number of hydrogen-bond donors (Lipinski definition) is 1. The van der Waals surface area contributed by atoms with Gasteiger partial charge in [0.25, 0.3) is 5.91 Å². The van der Waals surface area contributed by atoms with Crippen molar-refractivity contribution in [2.75, 3.05) is 12.4 Å². The Morgan fingerprint density at radius 1 is 1.11 bits per heavy atom. The van der Waals surface area contributed by atoms with E-state index in [1.807, 2.05) is 54.7 Å². The Morgan fingerprint density at radius 2 is 1.96 bits per heavy atom. The van der Waals surface area contributed by atoms with Gasteiger partial charge in [-0.15, -0.1) is 0 Å². The molecule has 0 fully saturated rings. The Hall–Kier alpha value is -3.87. The van der Waals surface area contributed by atoms with Gasteiger partial charge in [0, 0.05) is 29.7 Å². The van der Waals surface area contributed by atoms with Gasteiger partial charge in [-0.1, -0.05) is 11.2 Å². The summed E-state index contributed by atoms with van der Waals surface area (Å²) in [5, 5.41) is 11.0. The van der Waals surface area contributed by atoms with Crippen molar-refractivity contribution in [3.05, 3.63) is 78.8 Å². The van der Waals surface area contributed by atoms with Gasteiger partial charge < -0.3 is 14.6 Å². The molecule has 2 aromatic carbocycles. The van der Waals surface area contributed by atoms with Crippen molar-refractivity contribution in [3.63, 3.8) is 0 Å². The average molecular weight is 360 g/mol. The highest BCUT2D eigenvalue weighted by molar-refractivity contribution is 6.02. The summed E-state index contributed by atoms with van der Waals surface area (Å²) in [7, 11) is 1.61. The maximum atomic E-state index is 12.5. The van der Waals surface area contributed by atoms with Crippen LogP contribution in [0.25, 0.3) is 16.9 Å². The first-order valence-corrected chi connectivity index (χ1v) is 8.25. The lowest BCUT2D eigenvalue weighted by molar-refractivity contribution is 0.0988. The fourth-order valence-corrected chi connectivity index (χ4v) is 2.62. The molecule has 1 N–H and O–H groups in total. The zero-order valence-corrected chi connectivity index (χ0v) is 14.5. The van der Waals surface area contributed by atoms with E-state index in [9.17, 15) is 4.79 Å². The van der Waals surface area contributed by atoms with Gasteiger partial charge in [0.1, 0.15) is 11.4 Å². The summed E-state index contributed by atoms with van der Waals surface area (Å²) in [6, 6.07) is 18.2. The van der Waals surface area contributed by atoms with E-state index in [2.05, 4.69) is 15.6 Å². The average Bonchev–Trinajstić information content (AvgIpc) is 3.40. The summed E-state index contributed by atoms with van der Waals surface area (Å²) in [5.74, 6) is 0.502. The molecule has 0 saturated carbocycles. The smallest absolute Gasteiger partial charge is 0.294 e. The molecule has 2 aromatic heterocycles. The van der Waals surface area contributed by atoms with Crippen LogP contribution in [0.5, 0.6) is 5.75 Å². The number of nitrogens with zero attached hydrogens (tertiary/aromatic N) is 3. The summed E-state index contributed by atoms with van der Waals surface area (Å²) < 4.78 is 12.1. The van der Waals surface area contributed by atoms with E-state index in [1.165, 1.54) is 0 Å². The molecule has 0 aliphatic carbocycles. The van der Waals surface area contributed by atoms with Gasteiger partial charge in [0.05, 0.1) is 12.8 Å². The van der Waals surface area contributed by atoms with E-state index < -0.39 is 0 Å². The second kappa shape index (κ2) is 7.17. The summed E-state index contributed by atoms with van der Waals surface area (Å²) in [6.45, 7) is 0. The Kier molecular flexibility index (Phi) is 4.40. The minimum absolute atomic E-state index is 0.130. The van der Waals surface area contributed by atoms with Crippen molar-refractivity contribution in [3.8, 4) is 22.7 Å². The van der Waals surface area contributed by atoms with Gasteiger partial charge in [-0.25, -0.2) is 4.68 Å². The Balaban J connectivity index is 1.50. The zero-order chi connectivity index (χ0) is 18.6. The summed E-state index contributed by atoms with van der Waals surface area (Å²) in [6.07, 6.45) is 3.53. The van der Waals surface area contributed by atoms with Gasteiger partial charge >= 0.3 is 0 Å². The van der Waals surface area contributed by atoms with Crippen molar-refractivity contribution < 1.29 is 14.1 Å². The lowest BCUT2D eigenvalue weighted by Crippen LogP contribution is -2.11. The third kappa shape index (κ3) is 3.57. The summed E-state index contributed by atoms with van der Waals surface area (Å²) >= 11 is 0. The number of amides is 1. The number of rotatable bonds is 5. The molecule has 2 heterocycles. The standard InChI is InChI=1S/C20H16N4O3/c1-26-17-8-6-14(7-9-17)18-13-19(27-23-18)20(25)22-15-4-2-5-16(12-15)24-11-3-10-21-24/h2-13H,1H3,(H,22,25). The number of anilines is 1. The first-order valence-electron chi connectivity index (χ1n) is 8.25. The highest BCUT2D eigenvalue weighted by atomic mass is 16.5. The van der Waals surface area contributed by atoms with E-state index in [0.29, 0.717) is 11.4 Å². The van der Waals surface area contributed by atoms with E-state index >= 15 is 0 Å². The maximum Gasteiger partial charge on any atom is 0.294 e. The predicted octanol–water partition coefficient (Wildman–Crippen LogP) is 3.79. The van der Waals surface area contributed by atoms with Crippen LogP contribution in [-0.4, -0.2) is 28.0 Å². The van der Waals surface area contributed by atoms with Crippen molar-refractivity contribution in [2.45, 2.75) is 0 Å². The lowest BCUT2D eigenvalue weighted by atomic mass is 10.1. The first-order chi connectivity index (χ1) is 13.2. The molecule has 7 heteroatoms. The lowest BCUT2D eigenvalue weighted by Gasteiger charge is -2.06. The van der Waals surface area contributed by atoms with Gasteiger partial charge in [-0.05, 0) is 48.5 Å². The topological polar surface area (TPSA) is 82.2 Å². The molecule has 0 saturated heterocycles. The fraction of sp³-hybridized carbons (Fsp3) is 0.0500. The highest BCUT2D eigenvalue weighted by Gasteiger charge is 2.14. The number of nitrogens with one attached hydrogen (secondary N) is 1. The Morgan fingerprint density at radius 3 is 2.70 bits per heavy atom. The fourth-order valence-electron chi connectivity index (χ4n) is 2.62. The molecule has 4 aromatic rings. The maximum absolute atomic E-state index is 12.5.